The zero-order valence-electron chi connectivity index (χ0n) is 12.9. The molecule has 4 N–H and O–H groups in total. The highest BCUT2D eigenvalue weighted by Crippen LogP contribution is 2.36. The lowest BCUT2D eigenvalue weighted by molar-refractivity contribution is 0.318. The molecular weight excluding hydrogens is 326 g/mol. The molecule has 0 aliphatic rings. The van der Waals surface area contributed by atoms with E-state index in [4.69, 9.17) is 10.9 Å². The van der Waals surface area contributed by atoms with Crippen LogP contribution in [0.15, 0.2) is 65.8 Å². The second-order valence-corrected chi connectivity index (χ2v) is 5.42. The van der Waals surface area contributed by atoms with Crippen LogP contribution < -0.4 is 5.73 Å². The Hall–Kier alpha value is -3.41. The molecule has 0 bridgehead atoms. The lowest BCUT2D eigenvalue weighted by atomic mass is 9.90. The summed E-state index contributed by atoms with van der Waals surface area (Å²) >= 11 is 0. The number of phenolic OH excluding ortho intramolecular Hbond substituents is 1. The van der Waals surface area contributed by atoms with Crippen LogP contribution in [0.1, 0.15) is 5.56 Å². The van der Waals surface area contributed by atoms with E-state index in [1.165, 1.54) is 24.3 Å². The summed E-state index contributed by atoms with van der Waals surface area (Å²) < 4.78 is 27.5. The summed E-state index contributed by atoms with van der Waals surface area (Å²) in [4.78, 5) is 0. The number of hydrogen-bond donors (Lipinski definition) is 3. The van der Waals surface area contributed by atoms with Crippen molar-refractivity contribution in [3.8, 4) is 28.0 Å². The molecule has 0 saturated carbocycles. The molecule has 0 fully saturated rings. The van der Waals surface area contributed by atoms with E-state index in [1.54, 1.807) is 30.3 Å². The number of benzene rings is 3. The Morgan fingerprint density at radius 2 is 1.52 bits per heavy atom. The van der Waals surface area contributed by atoms with Gasteiger partial charge in [0.15, 0.2) is 5.84 Å². The Bertz CT molecular complexity index is 934. The fraction of sp³-hybridized carbons (Fsp3) is 0. The van der Waals surface area contributed by atoms with Crippen molar-refractivity contribution in [3.63, 3.8) is 0 Å². The van der Waals surface area contributed by atoms with Crippen molar-refractivity contribution < 1.29 is 19.1 Å². The topological polar surface area (TPSA) is 78.8 Å². The number of nitrogens with two attached hydrogens (primary N) is 1. The molecule has 0 atom stereocenters. The molecule has 4 nitrogen and oxygen atoms in total. The minimum absolute atomic E-state index is 0.0923. The fourth-order valence-electron chi connectivity index (χ4n) is 2.71. The Morgan fingerprint density at radius 1 is 0.880 bits per heavy atom. The summed E-state index contributed by atoms with van der Waals surface area (Å²) in [5, 5.41) is 21.5. The maximum atomic E-state index is 13.7. The molecule has 25 heavy (non-hydrogen) atoms. The minimum Gasteiger partial charge on any atom is -0.508 e. The zero-order chi connectivity index (χ0) is 18.0. The predicted molar refractivity (Wildman–Crippen MR) is 91.4 cm³/mol. The van der Waals surface area contributed by atoms with Crippen LogP contribution in [-0.4, -0.2) is 16.1 Å². The molecular formula is C19H14F2N2O2. The first-order valence-corrected chi connectivity index (χ1v) is 7.36. The quantitative estimate of drug-likeness (QED) is 0.291. The van der Waals surface area contributed by atoms with Crippen molar-refractivity contribution in [1.29, 1.82) is 0 Å². The van der Waals surface area contributed by atoms with Gasteiger partial charge in [0.2, 0.25) is 0 Å². The van der Waals surface area contributed by atoms with Crippen LogP contribution in [0.3, 0.4) is 0 Å². The molecule has 126 valence electrons. The molecule has 3 aromatic carbocycles. The van der Waals surface area contributed by atoms with Crippen molar-refractivity contribution in [2.24, 2.45) is 10.9 Å². The minimum atomic E-state index is -0.735. The van der Waals surface area contributed by atoms with E-state index in [0.717, 1.165) is 6.07 Å². The van der Waals surface area contributed by atoms with E-state index in [0.29, 0.717) is 22.3 Å². The van der Waals surface area contributed by atoms with Gasteiger partial charge >= 0.3 is 0 Å². The molecule has 0 saturated heterocycles. The highest BCUT2D eigenvalue weighted by atomic mass is 19.1. The molecule has 0 radical (unpaired) electrons. The third-order valence-corrected chi connectivity index (χ3v) is 3.78. The van der Waals surface area contributed by atoms with Crippen molar-refractivity contribution in [1.82, 2.24) is 0 Å². The number of oxime groups is 1. The van der Waals surface area contributed by atoms with Gasteiger partial charge < -0.3 is 16.0 Å². The first-order valence-electron chi connectivity index (χ1n) is 7.36. The normalized spacial score (nSPS) is 11.5. The van der Waals surface area contributed by atoms with Crippen LogP contribution in [0.4, 0.5) is 8.78 Å². The van der Waals surface area contributed by atoms with Gasteiger partial charge in [0, 0.05) is 17.2 Å². The largest absolute Gasteiger partial charge is 0.508 e. The average Bonchev–Trinajstić information content (AvgIpc) is 2.60. The molecule has 0 unspecified atom stereocenters. The van der Waals surface area contributed by atoms with Crippen molar-refractivity contribution in [3.05, 3.63) is 77.9 Å². The number of phenols is 1. The highest BCUT2D eigenvalue weighted by Gasteiger charge is 2.16. The Labute approximate surface area is 142 Å². The first-order chi connectivity index (χ1) is 12.0. The maximum absolute atomic E-state index is 13.7. The lowest BCUT2D eigenvalue weighted by Crippen LogP contribution is -2.15. The average molecular weight is 340 g/mol. The zero-order valence-corrected chi connectivity index (χ0v) is 12.9. The number of halogens is 2. The van der Waals surface area contributed by atoms with E-state index in [1.807, 2.05) is 0 Å². The first kappa shape index (κ1) is 16.4. The molecule has 0 spiro atoms. The van der Waals surface area contributed by atoms with E-state index >= 15 is 0 Å². The fourth-order valence-corrected chi connectivity index (χ4v) is 2.71. The van der Waals surface area contributed by atoms with Gasteiger partial charge in [-0.25, -0.2) is 8.78 Å². The van der Waals surface area contributed by atoms with Crippen LogP contribution >= 0.6 is 0 Å². The van der Waals surface area contributed by atoms with E-state index < -0.39 is 11.6 Å². The van der Waals surface area contributed by atoms with Crippen molar-refractivity contribution >= 4 is 5.84 Å². The van der Waals surface area contributed by atoms with Crippen molar-refractivity contribution in [2.45, 2.75) is 0 Å². The molecule has 3 rings (SSSR count). The monoisotopic (exact) mass is 340 g/mol. The van der Waals surface area contributed by atoms with Gasteiger partial charge in [0.1, 0.15) is 17.4 Å². The van der Waals surface area contributed by atoms with Gasteiger partial charge in [-0.1, -0.05) is 35.5 Å². The molecule has 0 aliphatic heterocycles. The standard InChI is InChI=1S/C19H14F2N2O2/c20-13-8-12(9-14(21)10-13)18-16(11-4-6-15(24)7-5-11)2-1-3-17(18)19(22)23-25/h1-10,24-25H,(H2,22,23). The summed E-state index contributed by atoms with van der Waals surface area (Å²) in [5.41, 5.74) is 8.07. The van der Waals surface area contributed by atoms with E-state index in [9.17, 15) is 13.9 Å². The van der Waals surface area contributed by atoms with Gasteiger partial charge in [0.25, 0.3) is 0 Å². The number of hydrogen-bond acceptors (Lipinski definition) is 3. The lowest BCUT2D eigenvalue weighted by Gasteiger charge is -2.15. The van der Waals surface area contributed by atoms with Crippen LogP contribution in [0.25, 0.3) is 22.3 Å². The van der Waals surface area contributed by atoms with Crippen LogP contribution in [-0.2, 0) is 0 Å². The summed E-state index contributed by atoms with van der Waals surface area (Å²) in [6.07, 6.45) is 0. The van der Waals surface area contributed by atoms with E-state index in [2.05, 4.69) is 5.16 Å². The van der Waals surface area contributed by atoms with Crippen LogP contribution in [0.2, 0.25) is 0 Å². The SMILES string of the molecule is N/C(=N\O)c1cccc(-c2ccc(O)cc2)c1-c1cc(F)cc(F)c1. The molecule has 6 heteroatoms. The third kappa shape index (κ3) is 3.28. The maximum Gasteiger partial charge on any atom is 0.170 e. The second-order valence-electron chi connectivity index (χ2n) is 5.42. The van der Waals surface area contributed by atoms with E-state index in [-0.39, 0.29) is 17.1 Å². The summed E-state index contributed by atoms with van der Waals surface area (Å²) in [5.74, 6) is -1.56. The highest BCUT2D eigenvalue weighted by molar-refractivity contribution is 6.06. The van der Waals surface area contributed by atoms with Gasteiger partial charge in [-0.2, -0.15) is 0 Å². The Kier molecular flexibility index (Phi) is 4.35. The Morgan fingerprint density at radius 3 is 2.12 bits per heavy atom. The van der Waals surface area contributed by atoms with Gasteiger partial charge in [0.05, 0.1) is 0 Å². The summed E-state index contributed by atoms with van der Waals surface area (Å²) in [7, 11) is 0. The van der Waals surface area contributed by atoms with Gasteiger partial charge in [-0.3, -0.25) is 0 Å². The molecule has 0 amide bonds. The second kappa shape index (κ2) is 6.60. The molecule has 0 heterocycles. The molecule has 0 aliphatic carbocycles. The predicted octanol–water partition coefficient (Wildman–Crippen LogP) is 4.10. The van der Waals surface area contributed by atoms with Gasteiger partial charge in [-0.15, -0.1) is 0 Å². The molecule has 3 aromatic rings. The number of amidine groups is 1. The third-order valence-electron chi connectivity index (χ3n) is 3.78. The summed E-state index contributed by atoms with van der Waals surface area (Å²) in [6, 6.07) is 14.5. The number of rotatable bonds is 3. The Balaban J connectivity index is 2.34. The molecule has 0 aromatic heterocycles. The van der Waals surface area contributed by atoms with Gasteiger partial charge in [-0.05, 0) is 41.0 Å². The number of aromatic hydroxyl groups is 1. The smallest absolute Gasteiger partial charge is 0.170 e. The van der Waals surface area contributed by atoms with Crippen LogP contribution in [0.5, 0.6) is 5.75 Å². The number of nitrogens with zero attached hydrogens (tertiary/aromatic N) is 1. The van der Waals surface area contributed by atoms with Crippen LogP contribution in [0, 0.1) is 11.6 Å². The van der Waals surface area contributed by atoms with Crippen molar-refractivity contribution in [2.75, 3.05) is 0 Å². The summed E-state index contributed by atoms with van der Waals surface area (Å²) in [6.45, 7) is 0.